The number of ether oxygens (including phenoxy) is 3. The van der Waals surface area contributed by atoms with Gasteiger partial charge in [-0.1, -0.05) is 18.2 Å². The lowest BCUT2D eigenvalue weighted by Gasteiger charge is -2.15. The molecule has 2 heterocycles. The molecule has 0 bridgehead atoms. The first-order chi connectivity index (χ1) is 13.3. The molecular formula is C21H26IN3O3. The van der Waals surface area contributed by atoms with Gasteiger partial charge in [0.25, 0.3) is 0 Å². The summed E-state index contributed by atoms with van der Waals surface area (Å²) in [6, 6.07) is 14.0. The van der Waals surface area contributed by atoms with E-state index in [0.29, 0.717) is 19.8 Å². The van der Waals surface area contributed by atoms with Crippen LogP contribution in [0.1, 0.15) is 18.9 Å². The van der Waals surface area contributed by atoms with Gasteiger partial charge in [-0.05, 0) is 30.7 Å². The van der Waals surface area contributed by atoms with E-state index in [1.807, 2.05) is 43.3 Å². The molecule has 1 unspecified atom stereocenters. The molecule has 7 heteroatoms. The van der Waals surface area contributed by atoms with Crippen LogP contribution in [0, 0.1) is 0 Å². The minimum absolute atomic E-state index is 0. The number of halogens is 1. The fourth-order valence-electron chi connectivity index (χ4n) is 3.23. The predicted molar refractivity (Wildman–Crippen MR) is 122 cm³/mol. The summed E-state index contributed by atoms with van der Waals surface area (Å²) in [7, 11) is 0. The lowest BCUT2D eigenvalue weighted by atomic mass is 10.1. The minimum atomic E-state index is 0. The molecule has 0 aromatic heterocycles. The van der Waals surface area contributed by atoms with E-state index < -0.39 is 0 Å². The van der Waals surface area contributed by atoms with Crippen molar-refractivity contribution in [3.8, 4) is 17.2 Å². The second-order valence-corrected chi connectivity index (χ2v) is 6.61. The number of rotatable bonds is 4. The molecule has 6 nitrogen and oxygen atoms in total. The van der Waals surface area contributed by atoms with Crippen molar-refractivity contribution in [1.29, 1.82) is 0 Å². The Bertz CT molecular complexity index is 803. The predicted octanol–water partition coefficient (Wildman–Crippen LogP) is 3.85. The summed E-state index contributed by atoms with van der Waals surface area (Å²) in [5, 5.41) is 6.62. The molecule has 0 amide bonds. The SMILES string of the molecule is CCNC(=NCC1Cc2ccccc2O1)Nc1ccc2c(c1)OCCCO2.I. The minimum Gasteiger partial charge on any atom is -0.490 e. The normalized spacial score (nSPS) is 17.6. The van der Waals surface area contributed by atoms with Crippen molar-refractivity contribution in [3.05, 3.63) is 48.0 Å². The highest BCUT2D eigenvalue weighted by Crippen LogP contribution is 2.32. The van der Waals surface area contributed by atoms with E-state index in [9.17, 15) is 0 Å². The van der Waals surface area contributed by atoms with Gasteiger partial charge >= 0.3 is 0 Å². The molecule has 150 valence electrons. The number of para-hydroxylation sites is 1. The number of nitrogens with zero attached hydrogens (tertiary/aromatic N) is 1. The summed E-state index contributed by atoms with van der Waals surface area (Å²) in [6.07, 6.45) is 1.86. The molecule has 2 aliphatic heterocycles. The van der Waals surface area contributed by atoms with Crippen molar-refractivity contribution in [2.45, 2.75) is 25.9 Å². The molecule has 2 aliphatic rings. The van der Waals surface area contributed by atoms with Crippen LogP contribution >= 0.6 is 24.0 Å². The average Bonchev–Trinajstić information content (AvgIpc) is 2.96. The van der Waals surface area contributed by atoms with Crippen LogP contribution in [0.2, 0.25) is 0 Å². The Labute approximate surface area is 182 Å². The highest BCUT2D eigenvalue weighted by Gasteiger charge is 2.22. The Morgan fingerprint density at radius 3 is 2.71 bits per heavy atom. The molecule has 0 fully saturated rings. The molecule has 0 spiro atoms. The second kappa shape index (κ2) is 9.86. The molecule has 2 N–H and O–H groups in total. The maximum atomic E-state index is 5.97. The van der Waals surface area contributed by atoms with E-state index in [1.54, 1.807) is 0 Å². The quantitative estimate of drug-likeness (QED) is 0.384. The second-order valence-electron chi connectivity index (χ2n) is 6.61. The summed E-state index contributed by atoms with van der Waals surface area (Å²) >= 11 is 0. The third-order valence-electron chi connectivity index (χ3n) is 4.52. The summed E-state index contributed by atoms with van der Waals surface area (Å²) in [5.41, 5.74) is 2.16. The highest BCUT2D eigenvalue weighted by molar-refractivity contribution is 14.0. The zero-order chi connectivity index (χ0) is 18.5. The molecule has 1 atom stereocenters. The largest absolute Gasteiger partial charge is 0.490 e. The summed E-state index contributed by atoms with van der Waals surface area (Å²) in [5.74, 6) is 3.25. The lowest BCUT2D eigenvalue weighted by Crippen LogP contribution is -2.32. The average molecular weight is 495 g/mol. The molecule has 0 saturated carbocycles. The van der Waals surface area contributed by atoms with Crippen LogP contribution in [-0.2, 0) is 6.42 Å². The number of hydrogen-bond donors (Lipinski definition) is 2. The van der Waals surface area contributed by atoms with E-state index in [1.165, 1.54) is 5.56 Å². The topological polar surface area (TPSA) is 64.1 Å². The number of aliphatic imine (C=N–C) groups is 1. The number of hydrogen-bond acceptors (Lipinski definition) is 4. The molecule has 2 aromatic rings. The Morgan fingerprint density at radius 2 is 1.89 bits per heavy atom. The van der Waals surface area contributed by atoms with Crippen LogP contribution in [0.15, 0.2) is 47.5 Å². The van der Waals surface area contributed by atoms with E-state index in [2.05, 4.69) is 16.7 Å². The van der Waals surface area contributed by atoms with Gasteiger partial charge in [-0.2, -0.15) is 0 Å². The van der Waals surface area contributed by atoms with Crippen molar-refractivity contribution in [2.24, 2.45) is 4.99 Å². The van der Waals surface area contributed by atoms with Gasteiger partial charge in [0.05, 0.1) is 19.8 Å². The summed E-state index contributed by atoms with van der Waals surface area (Å²) < 4.78 is 17.4. The lowest BCUT2D eigenvalue weighted by molar-refractivity contribution is 0.242. The Balaban J connectivity index is 0.00000225. The van der Waals surface area contributed by atoms with E-state index in [0.717, 1.165) is 48.3 Å². The fourth-order valence-corrected chi connectivity index (χ4v) is 3.23. The number of benzene rings is 2. The third-order valence-corrected chi connectivity index (χ3v) is 4.52. The molecule has 0 saturated heterocycles. The van der Waals surface area contributed by atoms with Gasteiger partial charge in [0.2, 0.25) is 0 Å². The van der Waals surface area contributed by atoms with Gasteiger partial charge in [-0.3, -0.25) is 0 Å². The van der Waals surface area contributed by atoms with E-state index >= 15 is 0 Å². The molecule has 0 aliphatic carbocycles. The van der Waals surface area contributed by atoms with Crippen molar-refractivity contribution in [3.63, 3.8) is 0 Å². The summed E-state index contributed by atoms with van der Waals surface area (Å²) in [6.45, 7) is 4.78. The van der Waals surface area contributed by atoms with E-state index in [-0.39, 0.29) is 30.1 Å². The first-order valence-corrected chi connectivity index (χ1v) is 9.51. The first-order valence-electron chi connectivity index (χ1n) is 9.51. The maximum absolute atomic E-state index is 5.97. The molecule has 0 radical (unpaired) electrons. The van der Waals surface area contributed by atoms with Crippen molar-refractivity contribution in [1.82, 2.24) is 5.32 Å². The number of nitrogens with one attached hydrogen (secondary N) is 2. The molecular weight excluding hydrogens is 469 g/mol. The standard InChI is InChI=1S/C21H25N3O3.HI/c1-2-22-21(23-14-17-12-15-6-3-4-7-18(15)27-17)24-16-8-9-19-20(13-16)26-11-5-10-25-19;/h3-4,6-9,13,17H,2,5,10-12,14H2,1H3,(H2,22,23,24);1H. The molecule has 2 aromatic carbocycles. The number of guanidine groups is 1. The monoisotopic (exact) mass is 495 g/mol. The van der Waals surface area contributed by atoms with Crippen molar-refractivity contribution >= 4 is 35.6 Å². The fraction of sp³-hybridized carbons (Fsp3) is 0.381. The zero-order valence-electron chi connectivity index (χ0n) is 15.9. The van der Waals surface area contributed by atoms with Crippen LogP contribution in [0.4, 0.5) is 5.69 Å². The van der Waals surface area contributed by atoms with E-state index in [4.69, 9.17) is 19.2 Å². The Kier molecular flexibility index (Phi) is 7.24. The van der Waals surface area contributed by atoms with Crippen LogP contribution in [0.5, 0.6) is 17.2 Å². The Hall–Kier alpha value is -2.16. The summed E-state index contributed by atoms with van der Waals surface area (Å²) in [4.78, 5) is 4.70. The third kappa shape index (κ3) is 5.01. The highest BCUT2D eigenvalue weighted by atomic mass is 127. The van der Waals surface area contributed by atoms with Crippen molar-refractivity contribution < 1.29 is 14.2 Å². The van der Waals surface area contributed by atoms with Gasteiger partial charge in [0.15, 0.2) is 17.5 Å². The van der Waals surface area contributed by atoms with Gasteiger partial charge in [0.1, 0.15) is 11.9 Å². The smallest absolute Gasteiger partial charge is 0.195 e. The van der Waals surface area contributed by atoms with Crippen LogP contribution in [0.3, 0.4) is 0 Å². The van der Waals surface area contributed by atoms with Crippen molar-refractivity contribution in [2.75, 3.05) is 31.6 Å². The van der Waals surface area contributed by atoms with Crippen LogP contribution < -0.4 is 24.8 Å². The number of anilines is 1. The van der Waals surface area contributed by atoms with Gasteiger partial charge in [-0.25, -0.2) is 4.99 Å². The maximum Gasteiger partial charge on any atom is 0.195 e. The van der Waals surface area contributed by atoms with Gasteiger partial charge in [-0.15, -0.1) is 24.0 Å². The molecule has 28 heavy (non-hydrogen) atoms. The zero-order valence-corrected chi connectivity index (χ0v) is 18.3. The first kappa shape index (κ1) is 20.6. The Morgan fingerprint density at radius 1 is 1.07 bits per heavy atom. The molecule has 4 rings (SSSR count). The van der Waals surface area contributed by atoms with Crippen LogP contribution in [-0.4, -0.2) is 38.4 Å². The van der Waals surface area contributed by atoms with Gasteiger partial charge < -0.3 is 24.8 Å². The number of fused-ring (bicyclic) bond motifs is 2. The van der Waals surface area contributed by atoms with Crippen LogP contribution in [0.25, 0.3) is 0 Å². The van der Waals surface area contributed by atoms with Gasteiger partial charge in [0, 0.05) is 31.1 Å².